The van der Waals surface area contributed by atoms with E-state index in [0.717, 1.165) is 10.1 Å². The molecule has 0 aliphatic heterocycles. The maximum atomic E-state index is 4.64. The van der Waals surface area contributed by atoms with Crippen molar-refractivity contribution in [1.29, 1.82) is 0 Å². The SMILES string of the molecule is [B][SiH3].[Ba+2].[BiH3].[H-].[H-]. The third kappa shape index (κ3) is 8.83. The van der Waals surface area contributed by atoms with E-state index < -0.39 is 0 Å². The predicted octanol–water partition coefficient (Wildman–Crippen LogP) is -2.90. The molecule has 0 aliphatic rings. The standard InChI is InChI=1S/BH3Si.Ba.Bi.5H/c1-2;;;;;;;/h2H3;;;;;;;/q;+2;;;;;2*-1. The van der Waals surface area contributed by atoms with Gasteiger partial charge in [-0.3, -0.25) is 0 Å². The van der Waals surface area contributed by atoms with E-state index in [9.17, 15) is 0 Å². The van der Waals surface area contributed by atoms with Crippen molar-refractivity contribution in [3.05, 3.63) is 0 Å². The van der Waals surface area contributed by atoms with E-state index in [1.54, 1.807) is 0 Å². The molecule has 0 saturated carbocycles. The Labute approximate surface area is 93.4 Å². The van der Waals surface area contributed by atoms with Gasteiger partial charge in [0.15, 0.2) is 0 Å². The zero-order valence-electron chi connectivity index (χ0n) is 4.99. The van der Waals surface area contributed by atoms with Crippen LogP contribution in [0.4, 0.5) is 0 Å². The van der Waals surface area contributed by atoms with E-state index in [1.165, 1.54) is 0 Å². The van der Waals surface area contributed by atoms with Crippen molar-refractivity contribution in [2.75, 3.05) is 0 Å². The van der Waals surface area contributed by atoms with Gasteiger partial charge in [-0.1, -0.05) is 0 Å². The summed E-state index contributed by atoms with van der Waals surface area (Å²) in [5.41, 5.74) is 0. The molecule has 0 N–H and O–H groups in total. The van der Waals surface area contributed by atoms with E-state index in [1.807, 2.05) is 0 Å². The third-order valence-electron chi connectivity index (χ3n) is 0. The van der Waals surface area contributed by atoms with E-state index in [2.05, 4.69) is 7.44 Å². The molecule has 0 bridgehead atoms. The van der Waals surface area contributed by atoms with Gasteiger partial charge in [0, 0.05) is 7.44 Å². The zero-order valence-corrected chi connectivity index (χ0v) is 14.9. The Morgan fingerprint density at radius 1 is 1.50 bits per heavy atom. The zero-order chi connectivity index (χ0) is 2.00. The molecule has 0 saturated heterocycles. The second kappa shape index (κ2) is 17.2. The van der Waals surface area contributed by atoms with Crippen LogP contribution in [0.1, 0.15) is 2.85 Å². The molecular weight excluding hydrogens is 385 g/mol. The third-order valence-corrected chi connectivity index (χ3v) is 0. The molecule has 2 radical (unpaired) electrons. The maximum Gasteiger partial charge on any atom is -1.00 e. The molecule has 0 atom stereocenters. The quantitative estimate of drug-likeness (QED) is 0.388. The van der Waals surface area contributed by atoms with Gasteiger partial charge in [0.1, 0.15) is 0 Å². The Morgan fingerprint density at radius 2 is 1.50 bits per heavy atom. The largest absolute Gasteiger partial charge is 1.00 e. The normalized spacial score (nSPS) is 2.00. The summed E-state index contributed by atoms with van der Waals surface area (Å²) < 4.78 is 0. The van der Waals surface area contributed by atoms with Gasteiger partial charge in [0.25, 0.3) is 0 Å². The summed E-state index contributed by atoms with van der Waals surface area (Å²) in [4.78, 5) is 0. The van der Waals surface area contributed by atoms with Gasteiger partial charge in [0.05, 0.1) is 0 Å². The molecular formula is H8BBaBiSi. The molecule has 0 aliphatic carbocycles. The van der Waals surface area contributed by atoms with E-state index >= 15 is 0 Å². The summed E-state index contributed by atoms with van der Waals surface area (Å²) in [6.07, 6.45) is 0. The molecule has 0 nitrogen and oxygen atoms in total. The van der Waals surface area contributed by atoms with Crippen molar-refractivity contribution < 1.29 is 2.85 Å². The van der Waals surface area contributed by atoms with Crippen molar-refractivity contribution in [3.63, 3.8) is 0 Å². The number of rotatable bonds is 0. The molecule has 0 spiro atoms. The van der Waals surface area contributed by atoms with Crippen LogP contribution >= 0.6 is 0 Å². The van der Waals surface area contributed by atoms with Crippen molar-refractivity contribution in [2.45, 2.75) is 0 Å². The van der Waals surface area contributed by atoms with Crippen LogP contribution in [-0.4, -0.2) is 92.6 Å². The van der Waals surface area contributed by atoms with E-state index in [4.69, 9.17) is 0 Å². The monoisotopic (exact) mass is 394 g/mol. The topological polar surface area (TPSA) is 0 Å². The van der Waals surface area contributed by atoms with Gasteiger partial charge in [-0.25, -0.2) is 0 Å². The molecule has 0 fully saturated rings. The van der Waals surface area contributed by atoms with Crippen molar-refractivity contribution in [2.24, 2.45) is 0 Å². The molecule has 22 valence electrons. The first kappa shape index (κ1) is 15.9. The minimum absolute atomic E-state index is 0. The molecule has 0 heterocycles. The Kier molecular flexibility index (Phi) is 68.2. The van der Waals surface area contributed by atoms with Gasteiger partial charge in [-0.2, -0.15) is 0 Å². The molecule has 0 aromatic rings. The summed E-state index contributed by atoms with van der Waals surface area (Å²) >= 11 is 0. The fourth-order valence-corrected chi connectivity index (χ4v) is 0. The van der Waals surface area contributed by atoms with Crippen molar-refractivity contribution in [1.82, 2.24) is 0 Å². The van der Waals surface area contributed by atoms with Crippen LogP contribution in [0.5, 0.6) is 0 Å². The summed E-state index contributed by atoms with van der Waals surface area (Å²) in [5, 5.41) is 0. The van der Waals surface area contributed by atoms with E-state index in [-0.39, 0.29) is 77.9 Å². The maximum absolute atomic E-state index is 4.64. The average Bonchev–Trinajstić information content (AvgIpc) is 1.00. The van der Waals surface area contributed by atoms with Crippen LogP contribution < -0.4 is 0 Å². The Morgan fingerprint density at radius 3 is 1.50 bits per heavy atom. The van der Waals surface area contributed by atoms with Crippen LogP contribution in [0, 0.1) is 0 Å². The molecule has 0 aromatic heterocycles. The molecule has 0 unspecified atom stereocenters. The second-order valence-corrected chi connectivity index (χ2v) is 0. The average molecular weight is 393 g/mol. The molecule has 4 heteroatoms. The Hall–Kier alpha value is 2.74. The molecule has 0 rings (SSSR count). The molecule has 0 aromatic carbocycles. The second-order valence-electron chi connectivity index (χ2n) is 0. The summed E-state index contributed by atoms with van der Waals surface area (Å²) in [5.74, 6) is 0. The minimum Gasteiger partial charge on any atom is -1.00 e. The first-order valence-corrected chi connectivity index (χ1v) is 1.73. The van der Waals surface area contributed by atoms with Crippen LogP contribution in [0.2, 0.25) is 0 Å². The van der Waals surface area contributed by atoms with Gasteiger partial charge in [0.2, 0.25) is 0 Å². The fourth-order valence-electron chi connectivity index (χ4n) is 0. The first-order valence-electron chi connectivity index (χ1n) is 0.577. The van der Waals surface area contributed by atoms with E-state index in [0.29, 0.717) is 0 Å². The molecule has 0 amide bonds. The predicted molar refractivity (Wildman–Crippen MR) is 33.6 cm³/mol. The summed E-state index contributed by atoms with van der Waals surface area (Å²) in [7, 11) is 5.44. The smallest absolute Gasteiger partial charge is 1.00 e. The fraction of sp³-hybridized carbons (Fsp3) is 0. The minimum atomic E-state index is 0. The first-order chi connectivity index (χ1) is 1.00. The summed E-state index contributed by atoms with van der Waals surface area (Å²) in [6.45, 7) is 0. The molecule has 4 heavy (non-hydrogen) atoms. The van der Waals surface area contributed by atoms with Gasteiger partial charge in [-0.05, 0) is 10.1 Å². The van der Waals surface area contributed by atoms with Crippen LogP contribution in [0.3, 0.4) is 0 Å². The Balaban J connectivity index is -0.000000000833. The Bertz CT molecular complexity index is 13.5. The van der Waals surface area contributed by atoms with Gasteiger partial charge in [-0.15, -0.1) is 0 Å². The van der Waals surface area contributed by atoms with Crippen LogP contribution in [-0.2, 0) is 0 Å². The van der Waals surface area contributed by atoms with Crippen molar-refractivity contribution >= 4 is 92.6 Å². The number of hydrogen-bond donors (Lipinski definition) is 0. The number of hydrogen-bond acceptors (Lipinski definition) is 0. The van der Waals surface area contributed by atoms with Gasteiger partial charge < -0.3 is 2.85 Å². The summed E-state index contributed by atoms with van der Waals surface area (Å²) in [6, 6.07) is 0. The van der Waals surface area contributed by atoms with Gasteiger partial charge >= 0.3 is 75.1 Å². The van der Waals surface area contributed by atoms with Crippen LogP contribution in [0.25, 0.3) is 0 Å². The van der Waals surface area contributed by atoms with Crippen LogP contribution in [0.15, 0.2) is 0 Å². The van der Waals surface area contributed by atoms with Crippen molar-refractivity contribution in [3.8, 4) is 0 Å².